The normalized spacial score (nSPS) is 16.3. The Morgan fingerprint density at radius 3 is 2.22 bits per heavy atom. The molecule has 0 spiro atoms. The van der Waals surface area contributed by atoms with Gasteiger partial charge in [-0.15, -0.1) is 11.3 Å². The number of β-amino-alcohol motifs (C(OH)–C–C–N with tert-alkyl or cyclic N) is 1. The number of anilines is 1. The van der Waals surface area contributed by atoms with Crippen LogP contribution in [0.25, 0.3) is 21.6 Å². The monoisotopic (exact) mass is 1260 g/mol. The molecule has 19 nitrogen and oxygen atoms in total. The van der Waals surface area contributed by atoms with Crippen LogP contribution in [0.15, 0.2) is 66.2 Å². The van der Waals surface area contributed by atoms with E-state index in [1.807, 2.05) is 52.0 Å². The molecule has 1 unspecified atom stereocenters. The smallest absolute Gasteiger partial charge is 0.253 e. The summed E-state index contributed by atoms with van der Waals surface area (Å²) in [6.45, 7) is 13.9. The van der Waals surface area contributed by atoms with Crippen molar-refractivity contribution in [1.82, 2.24) is 31.2 Å². The van der Waals surface area contributed by atoms with Gasteiger partial charge in [-0.3, -0.25) is 24.0 Å². The van der Waals surface area contributed by atoms with E-state index in [2.05, 4.69) is 37.6 Å². The number of nitriles is 1. The van der Waals surface area contributed by atoms with Gasteiger partial charge in [0.15, 0.2) is 5.75 Å². The van der Waals surface area contributed by atoms with Crippen molar-refractivity contribution in [3.63, 3.8) is 0 Å². The maximum absolute atomic E-state index is 16.3. The molecule has 2 saturated heterocycles. The van der Waals surface area contributed by atoms with Crippen LogP contribution in [-0.2, 0) is 57.7 Å². The van der Waals surface area contributed by atoms with E-state index < -0.39 is 82.8 Å². The number of halogens is 4. The molecule has 87 heavy (non-hydrogen) atoms. The molecule has 0 radical (unpaired) electrons. The summed E-state index contributed by atoms with van der Waals surface area (Å²) >= 11 is 13.9. The lowest BCUT2D eigenvalue weighted by Gasteiger charge is -2.35. The lowest BCUT2D eigenvalue weighted by atomic mass is 9.79. The van der Waals surface area contributed by atoms with Gasteiger partial charge in [-0.25, -0.2) is 13.8 Å². The summed E-state index contributed by atoms with van der Waals surface area (Å²) < 4.78 is 60.4. The number of amides is 5. The summed E-state index contributed by atoms with van der Waals surface area (Å²) in [5.74, 6) is -4.46. The van der Waals surface area contributed by atoms with Gasteiger partial charge in [0.05, 0.1) is 90.7 Å². The average molecular weight is 1260 g/mol. The van der Waals surface area contributed by atoms with Crippen LogP contribution in [0.4, 0.5) is 14.5 Å². The number of benzene rings is 4. The molecular formula is C63H76Cl2F2N8O11S. The highest BCUT2D eigenvalue weighted by molar-refractivity contribution is 7.13. The van der Waals surface area contributed by atoms with Crippen LogP contribution in [-0.4, -0.2) is 141 Å². The first-order chi connectivity index (χ1) is 41.4. The molecule has 24 heteroatoms. The van der Waals surface area contributed by atoms with E-state index in [9.17, 15) is 34.3 Å². The van der Waals surface area contributed by atoms with Crippen molar-refractivity contribution in [2.75, 3.05) is 77.8 Å². The zero-order chi connectivity index (χ0) is 63.0. The fourth-order valence-electron chi connectivity index (χ4n) is 10.2. The van der Waals surface area contributed by atoms with Gasteiger partial charge in [0.2, 0.25) is 23.6 Å². The van der Waals surface area contributed by atoms with Gasteiger partial charge in [-0.1, -0.05) is 101 Å². The van der Waals surface area contributed by atoms with Crippen molar-refractivity contribution in [2.45, 2.75) is 112 Å². The van der Waals surface area contributed by atoms with Gasteiger partial charge in [0, 0.05) is 47.8 Å². The van der Waals surface area contributed by atoms with Gasteiger partial charge < -0.3 is 60.3 Å². The van der Waals surface area contributed by atoms with Gasteiger partial charge in [-0.05, 0) is 84.5 Å². The maximum atomic E-state index is 16.3. The number of rotatable bonds is 28. The number of thiazole rings is 1. The van der Waals surface area contributed by atoms with E-state index in [-0.39, 0.29) is 140 Å². The van der Waals surface area contributed by atoms with Gasteiger partial charge >= 0.3 is 0 Å². The third-order valence-corrected chi connectivity index (χ3v) is 15.9. The molecule has 2 fully saturated rings. The molecule has 468 valence electrons. The minimum Gasteiger partial charge on any atom is -0.485 e. The molecule has 4 atom stereocenters. The highest BCUT2D eigenvalue weighted by Crippen LogP contribution is 2.48. The summed E-state index contributed by atoms with van der Waals surface area (Å²) in [6, 6.07) is 15.6. The molecule has 6 N–H and O–H groups in total. The number of nitrogens with one attached hydrogen (secondary N) is 5. The van der Waals surface area contributed by atoms with Crippen molar-refractivity contribution < 1.29 is 61.5 Å². The van der Waals surface area contributed by atoms with Crippen LogP contribution < -0.4 is 31.3 Å². The third-order valence-electron chi connectivity index (χ3n) is 14.4. The van der Waals surface area contributed by atoms with Crippen LogP contribution in [0.3, 0.4) is 0 Å². The Morgan fingerprint density at radius 1 is 0.908 bits per heavy atom. The van der Waals surface area contributed by atoms with Crippen LogP contribution in [0.2, 0.25) is 10.0 Å². The lowest BCUT2D eigenvalue weighted by Crippen LogP contribution is -2.58. The average Bonchev–Trinajstić information content (AvgIpc) is 1.43. The number of nitrogens with zero attached hydrogens (tertiary/aromatic N) is 3. The highest BCUT2D eigenvalue weighted by atomic mass is 35.5. The number of aryl methyl sites for hydroxylation is 1. The second-order valence-corrected chi connectivity index (χ2v) is 25.2. The standard InChI is InChI=1S/C63H76Cl2F2N8O11S/c1-37-56(87-36-72-37)39-15-13-38(14-16-39)32-71-59(79)49-29-42(76)33-75(49)61(81)57(63(5,6)7)73-50(77)35-85-27-26-84-25-24-83-23-22-82-21-20-70-60(80)52-44(30-62(2,3)4)51(43-18-17-41(64)28-47(43)66)54(74-58(78)48-12-9-19-69-48)55(45(52)31-68)86-34-40-10-8-11-46(65)53(40)67/h8,10-11,13-18,28,36,42,48-49,57,69,76H,9,12,19-27,29-30,32-35H2,1-7H3,(H,70,80)(H,71,79)(H,73,77)(H,74,78)/t42-,48?,49+,57-/m1/s1. The van der Waals surface area contributed by atoms with E-state index in [1.165, 1.54) is 35.2 Å². The van der Waals surface area contributed by atoms with E-state index in [1.54, 1.807) is 37.6 Å². The molecule has 2 aliphatic rings. The summed E-state index contributed by atoms with van der Waals surface area (Å²) in [4.78, 5) is 75.9. The van der Waals surface area contributed by atoms with Crippen LogP contribution in [0.5, 0.6) is 5.75 Å². The first-order valence-corrected chi connectivity index (χ1v) is 30.4. The fourth-order valence-corrected chi connectivity index (χ4v) is 11.3. The Labute approximate surface area is 520 Å². The maximum Gasteiger partial charge on any atom is 0.253 e. The van der Waals surface area contributed by atoms with Crippen molar-refractivity contribution in [3.05, 3.63) is 121 Å². The molecule has 5 aromatic rings. The van der Waals surface area contributed by atoms with Crippen LogP contribution in [0, 0.1) is 40.7 Å². The first kappa shape index (κ1) is 67.9. The summed E-state index contributed by atoms with van der Waals surface area (Å²) in [5.41, 5.74) is 3.12. The number of hydrogen-bond acceptors (Lipinski definition) is 15. The topological polar surface area (TPSA) is 252 Å². The Balaban J connectivity index is 0.873. The van der Waals surface area contributed by atoms with E-state index >= 15 is 8.78 Å². The zero-order valence-electron chi connectivity index (χ0n) is 50.0. The highest BCUT2D eigenvalue weighted by Gasteiger charge is 2.45. The Bertz CT molecular complexity index is 3270. The third kappa shape index (κ3) is 18.7. The van der Waals surface area contributed by atoms with Crippen molar-refractivity contribution in [2.24, 2.45) is 10.8 Å². The minimum absolute atomic E-state index is 0.0178. The Morgan fingerprint density at radius 2 is 1.60 bits per heavy atom. The number of aromatic nitrogens is 1. The van der Waals surface area contributed by atoms with E-state index in [4.69, 9.17) is 46.9 Å². The van der Waals surface area contributed by atoms with Crippen molar-refractivity contribution in [3.8, 4) is 33.4 Å². The predicted molar refractivity (Wildman–Crippen MR) is 327 cm³/mol. The van der Waals surface area contributed by atoms with Gasteiger partial charge in [0.25, 0.3) is 5.91 Å². The molecule has 0 bridgehead atoms. The lowest BCUT2D eigenvalue weighted by molar-refractivity contribution is -0.144. The largest absolute Gasteiger partial charge is 0.485 e. The number of aliphatic hydroxyl groups excluding tert-OH is 1. The zero-order valence-corrected chi connectivity index (χ0v) is 52.3. The number of carbonyl (C=O) groups excluding carboxylic acids is 5. The first-order valence-electron chi connectivity index (χ1n) is 28.8. The minimum atomic E-state index is -1.03. The SMILES string of the molecule is Cc1ncsc1-c1ccc(CNC(=O)[C@@H]2C[C@@H](O)CN2C(=O)[C@@H](NC(=O)COCCOCCOCCOCCNC(=O)c2c(C#N)c(OCc3cccc(Cl)c3F)c(NC(=O)C3CCCN3)c(-c3ccc(Cl)cc3F)c2CC(C)(C)C)C(C)(C)C)cc1. The van der Waals surface area contributed by atoms with E-state index in [0.717, 1.165) is 34.2 Å². The molecule has 1 aromatic heterocycles. The van der Waals surface area contributed by atoms with Crippen molar-refractivity contribution >= 4 is 69.8 Å². The summed E-state index contributed by atoms with van der Waals surface area (Å²) in [5, 5.41) is 36.0. The number of hydrogen-bond donors (Lipinski definition) is 6. The number of aliphatic hydroxyl groups is 1. The quantitative estimate of drug-likeness (QED) is 0.0256. The number of likely N-dealkylation sites (tertiary alicyclic amines) is 1. The van der Waals surface area contributed by atoms with Gasteiger partial charge in [0.1, 0.15) is 48.6 Å². The summed E-state index contributed by atoms with van der Waals surface area (Å²) in [7, 11) is 0. The predicted octanol–water partition coefficient (Wildman–Crippen LogP) is 8.71. The Kier molecular flexibility index (Phi) is 24.6. The molecule has 5 amide bonds. The number of ether oxygens (including phenoxy) is 5. The molecule has 7 rings (SSSR count). The molecule has 3 heterocycles. The van der Waals surface area contributed by atoms with Gasteiger partial charge in [-0.2, -0.15) is 5.26 Å². The molecule has 2 aliphatic heterocycles. The molecule has 4 aromatic carbocycles. The molecular weight excluding hydrogens is 1190 g/mol. The molecule has 0 saturated carbocycles. The van der Waals surface area contributed by atoms with Crippen LogP contribution >= 0.6 is 34.5 Å². The van der Waals surface area contributed by atoms with Crippen LogP contribution in [0.1, 0.15) is 99.1 Å². The number of carbonyl (C=O) groups is 5. The van der Waals surface area contributed by atoms with Crippen molar-refractivity contribution in [1.29, 1.82) is 5.26 Å². The summed E-state index contributed by atoms with van der Waals surface area (Å²) in [6.07, 6.45) is 0.485. The second-order valence-electron chi connectivity index (χ2n) is 23.5. The second kappa shape index (κ2) is 31.5. The van der Waals surface area contributed by atoms with E-state index in [0.29, 0.717) is 13.0 Å². The fraction of sp³-hybridized carbons (Fsp3) is 0.476. The molecule has 0 aliphatic carbocycles. The Hall–Kier alpha value is -6.65.